The van der Waals surface area contributed by atoms with E-state index in [1.54, 1.807) is 18.2 Å². The number of para-hydroxylation sites is 2. The second kappa shape index (κ2) is 9.06. The monoisotopic (exact) mass is 390 g/mol. The molecule has 3 aromatic carbocycles. The van der Waals surface area contributed by atoms with E-state index >= 15 is 0 Å². The number of aromatic carboxylic acids is 1. The Hall–Kier alpha value is -3.60. The van der Waals surface area contributed by atoms with Crippen molar-refractivity contribution in [3.05, 3.63) is 83.9 Å². The van der Waals surface area contributed by atoms with Crippen LogP contribution < -0.4 is 9.47 Å². The summed E-state index contributed by atoms with van der Waals surface area (Å²) >= 11 is 0. The smallest absolute Gasteiger partial charge is 0.344 e. The number of carbonyl (C=O) groups is 2. The Morgan fingerprint density at radius 1 is 0.897 bits per heavy atom. The third kappa shape index (κ3) is 5.02. The van der Waals surface area contributed by atoms with E-state index in [-0.39, 0.29) is 11.1 Å². The summed E-state index contributed by atoms with van der Waals surface area (Å²) in [5.74, 6) is -0.514. The highest BCUT2D eigenvalue weighted by atomic mass is 16.6. The molecule has 0 aliphatic rings. The highest BCUT2D eigenvalue weighted by molar-refractivity contribution is 6.01. The fourth-order valence-electron chi connectivity index (χ4n) is 2.78. The Labute approximate surface area is 169 Å². The van der Waals surface area contributed by atoms with Crippen molar-refractivity contribution in [3.63, 3.8) is 0 Å². The summed E-state index contributed by atoms with van der Waals surface area (Å²) in [7, 11) is 0. The Morgan fingerprint density at radius 3 is 2.21 bits per heavy atom. The van der Waals surface area contributed by atoms with Gasteiger partial charge in [-0.1, -0.05) is 56.3 Å². The molecule has 148 valence electrons. The van der Waals surface area contributed by atoms with Crippen LogP contribution in [-0.2, 0) is 0 Å². The van der Waals surface area contributed by atoms with E-state index < -0.39 is 11.9 Å². The molecule has 0 aliphatic heterocycles. The van der Waals surface area contributed by atoms with Gasteiger partial charge in [0.05, 0.1) is 17.7 Å². The van der Waals surface area contributed by atoms with Gasteiger partial charge in [-0.3, -0.25) is 0 Å². The molecule has 0 unspecified atom stereocenters. The zero-order valence-corrected chi connectivity index (χ0v) is 16.3. The minimum atomic E-state index is -1.06. The van der Waals surface area contributed by atoms with Crippen LogP contribution in [0.2, 0.25) is 0 Å². The number of rotatable bonds is 7. The first-order valence-electron chi connectivity index (χ1n) is 9.32. The van der Waals surface area contributed by atoms with Crippen LogP contribution in [0.1, 0.15) is 34.6 Å². The molecule has 0 saturated carbocycles. The molecule has 0 spiro atoms. The summed E-state index contributed by atoms with van der Waals surface area (Å²) in [5.41, 5.74) is 1.60. The fourth-order valence-corrected chi connectivity index (χ4v) is 2.78. The van der Waals surface area contributed by atoms with Crippen molar-refractivity contribution in [3.8, 4) is 22.6 Å². The maximum Gasteiger partial charge on any atom is 0.344 e. The standard InChI is InChI=1S/C24H22O5/c1-16(2)15-28-21-10-6-7-11-22(21)29-24(27)19-13-12-18(23(25)26)14-20(19)17-8-4-3-5-9-17/h3-14,16H,15H2,1-2H3,(H,25,26). The Kier molecular flexibility index (Phi) is 6.29. The lowest BCUT2D eigenvalue weighted by molar-refractivity contribution is 0.0691. The van der Waals surface area contributed by atoms with Crippen LogP contribution in [0.25, 0.3) is 11.1 Å². The molecule has 0 saturated heterocycles. The average molecular weight is 390 g/mol. The predicted octanol–water partition coefficient (Wildman–Crippen LogP) is 5.31. The molecular formula is C24H22O5. The lowest BCUT2D eigenvalue weighted by Crippen LogP contribution is -2.13. The molecule has 0 heterocycles. The SMILES string of the molecule is CC(C)COc1ccccc1OC(=O)c1ccc(C(=O)O)cc1-c1ccccc1. The molecule has 0 amide bonds. The van der Waals surface area contributed by atoms with Crippen LogP contribution in [0.4, 0.5) is 0 Å². The number of hydrogen-bond acceptors (Lipinski definition) is 4. The normalized spacial score (nSPS) is 10.6. The third-order valence-electron chi connectivity index (χ3n) is 4.20. The molecule has 3 aromatic rings. The van der Waals surface area contributed by atoms with Gasteiger partial charge in [-0.25, -0.2) is 9.59 Å². The first kappa shape index (κ1) is 20.1. The van der Waals surface area contributed by atoms with Crippen molar-refractivity contribution in [1.82, 2.24) is 0 Å². The predicted molar refractivity (Wildman–Crippen MR) is 111 cm³/mol. The molecule has 5 heteroatoms. The highest BCUT2D eigenvalue weighted by Gasteiger charge is 2.19. The van der Waals surface area contributed by atoms with Crippen molar-refractivity contribution >= 4 is 11.9 Å². The first-order valence-corrected chi connectivity index (χ1v) is 9.32. The van der Waals surface area contributed by atoms with Gasteiger partial charge in [0.2, 0.25) is 0 Å². The van der Waals surface area contributed by atoms with Gasteiger partial charge in [0, 0.05) is 0 Å². The van der Waals surface area contributed by atoms with Crippen molar-refractivity contribution in [2.75, 3.05) is 6.61 Å². The number of benzene rings is 3. The summed E-state index contributed by atoms with van der Waals surface area (Å²) in [4.78, 5) is 24.4. The fraction of sp³-hybridized carbons (Fsp3) is 0.167. The van der Waals surface area contributed by atoms with E-state index in [0.717, 1.165) is 5.56 Å². The van der Waals surface area contributed by atoms with Gasteiger partial charge < -0.3 is 14.6 Å². The summed E-state index contributed by atoms with van der Waals surface area (Å²) in [5, 5.41) is 9.33. The second-order valence-corrected chi connectivity index (χ2v) is 6.97. The molecule has 0 atom stereocenters. The zero-order chi connectivity index (χ0) is 20.8. The molecule has 1 N–H and O–H groups in total. The molecule has 0 radical (unpaired) electrons. The Bertz CT molecular complexity index is 1010. The summed E-state index contributed by atoms with van der Waals surface area (Å²) in [6.07, 6.45) is 0. The Balaban J connectivity index is 1.95. The van der Waals surface area contributed by atoms with E-state index in [9.17, 15) is 14.7 Å². The van der Waals surface area contributed by atoms with Gasteiger partial charge >= 0.3 is 11.9 Å². The largest absolute Gasteiger partial charge is 0.489 e. The van der Waals surface area contributed by atoms with E-state index in [1.165, 1.54) is 18.2 Å². The van der Waals surface area contributed by atoms with E-state index in [4.69, 9.17) is 9.47 Å². The average Bonchev–Trinajstić information content (AvgIpc) is 2.73. The number of carboxylic acids is 1. The molecule has 3 rings (SSSR count). The van der Waals surface area contributed by atoms with Gasteiger partial charge in [0.15, 0.2) is 11.5 Å². The summed E-state index contributed by atoms with van der Waals surface area (Å²) in [6, 6.07) is 20.5. The summed E-state index contributed by atoms with van der Waals surface area (Å²) in [6.45, 7) is 4.56. The third-order valence-corrected chi connectivity index (χ3v) is 4.20. The lowest BCUT2D eigenvalue weighted by Gasteiger charge is -2.14. The van der Waals surface area contributed by atoms with Gasteiger partial charge in [-0.2, -0.15) is 0 Å². The molecule has 0 aromatic heterocycles. The lowest BCUT2D eigenvalue weighted by atomic mass is 9.97. The Morgan fingerprint density at radius 2 is 1.55 bits per heavy atom. The molecule has 5 nitrogen and oxygen atoms in total. The van der Waals surface area contributed by atoms with Crippen LogP contribution >= 0.6 is 0 Å². The number of hydrogen-bond donors (Lipinski definition) is 1. The molecule has 0 bridgehead atoms. The molecular weight excluding hydrogens is 368 g/mol. The van der Waals surface area contributed by atoms with Crippen molar-refractivity contribution < 1.29 is 24.2 Å². The van der Waals surface area contributed by atoms with E-state index in [1.807, 2.05) is 50.2 Å². The molecule has 0 fully saturated rings. The minimum absolute atomic E-state index is 0.0982. The van der Waals surface area contributed by atoms with E-state index in [2.05, 4.69) is 0 Å². The maximum atomic E-state index is 13.0. The minimum Gasteiger partial charge on any atom is -0.489 e. The molecule has 29 heavy (non-hydrogen) atoms. The van der Waals surface area contributed by atoms with Crippen molar-refractivity contribution in [2.45, 2.75) is 13.8 Å². The second-order valence-electron chi connectivity index (χ2n) is 6.97. The first-order chi connectivity index (χ1) is 14.0. The topological polar surface area (TPSA) is 72.8 Å². The number of esters is 1. The molecule has 0 aliphatic carbocycles. The van der Waals surface area contributed by atoms with Gasteiger partial charge in [-0.05, 0) is 47.4 Å². The highest BCUT2D eigenvalue weighted by Crippen LogP contribution is 2.30. The van der Waals surface area contributed by atoms with Crippen LogP contribution in [0.5, 0.6) is 11.5 Å². The number of ether oxygens (including phenoxy) is 2. The van der Waals surface area contributed by atoms with Crippen molar-refractivity contribution in [2.24, 2.45) is 5.92 Å². The quantitative estimate of drug-likeness (QED) is 0.437. The van der Waals surface area contributed by atoms with Crippen LogP contribution in [0, 0.1) is 5.92 Å². The zero-order valence-electron chi connectivity index (χ0n) is 16.3. The van der Waals surface area contributed by atoms with Gasteiger partial charge in [0.1, 0.15) is 0 Å². The number of carboxylic acid groups (broad SMARTS) is 1. The van der Waals surface area contributed by atoms with Gasteiger partial charge in [0.25, 0.3) is 0 Å². The maximum absolute atomic E-state index is 13.0. The van der Waals surface area contributed by atoms with Gasteiger partial charge in [-0.15, -0.1) is 0 Å². The van der Waals surface area contributed by atoms with Crippen LogP contribution in [0.15, 0.2) is 72.8 Å². The van der Waals surface area contributed by atoms with Crippen LogP contribution in [-0.4, -0.2) is 23.7 Å². The van der Waals surface area contributed by atoms with Crippen LogP contribution in [0.3, 0.4) is 0 Å². The number of carbonyl (C=O) groups excluding carboxylic acids is 1. The summed E-state index contributed by atoms with van der Waals surface area (Å²) < 4.78 is 11.4. The van der Waals surface area contributed by atoms with Crippen molar-refractivity contribution in [1.29, 1.82) is 0 Å². The van der Waals surface area contributed by atoms with E-state index in [0.29, 0.717) is 29.6 Å².